The van der Waals surface area contributed by atoms with Crippen LogP contribution < -0.4 is 5.73 Å². The molecule has 0 radical (unpaired) electrons. The van der Waals surface area contributed by atoms with Crippen molar-refractivity contribution in [2.45, 2.75) is 18.5 Å². The van der Waals surface area contributed by atoms with Gasteiger partial charge in [-0.25, -0.2) is 0 Å². The Balaban J connectivity index is 3.27. The minimum Gasteiger partial charge on any atom is -0.481 e. The van der Waals surface area contributed by atoms with Crippen LogP contribution in [0.5, 0.6) is 0 Å². The molecule has 0 rings (SSSR count). The molecule has 0 aromatic heterocycles. The van der Waals surface area contributed by atoms with Crippen LogP contribution in [0.1, 0.15) is 12.8 Å². The van der Waals surface area contributed by atoms with Gasteiger partial charge in [-0.2, -0.15) is 0 Å². The minimum absolute atomic E-state index is 0.325. The van der Waals surface area contributed by atoms with Gasteiger partial charge in [-0.3, -0.25) is 4.79 Å². The summed E-state index contributed by atoms with van der Waals surface area (Å²) in [7, 11) is 2.27. The Bertz CT molecular complexity index is 97.0. The lowest BCUT2D eigenvalue weighted by Gasteiger charge is -2.01. The van der Waals surface area contributed by atoms with Gasteiger partial charge in [0.05, 0.1) is 5.66 Å². The predicted molar refractivity (Wildman–Crippen MR) is 39.4 cm³/mol. The third-order valence-electron chi connectivity index (χ3n) is 1.04. The van der Waals surface area contributed by atoms with Crippen LogP contribution in [-0.2, 0) is 4.79 Å². The second kappa shape index (κ2) is 4.71. The minimum atomic E-state index is -0.770. The van der Waals surface area contributed by atoms with E-state index in [0.29, 0.717) is 13.0 Å². The third kappa shape index (κ3) is 4.37. The molecule has 0 aromatic carbocycles. The second-order valence-electron chi connectivity index (χ2n) is 1.88. The Kier molecular flexibility index (Phi) is 4.64. The molecule has 0 saturated carbocycles. The van der Waals surface area contributed by atoms with Crippen LogP contribution in [0.4, 0.5) is 0 Å². The standard InChI is InChI=1S/C5H12NO2P/c6-3-1-2-4(9)5(7)8/h4H,1-3,6,9H2,(H,7,8). The van der Waals surface area contributed by atoms with Gasteiger partial charge in [-0.1, -0.05) is 0 Å². The third-order valence-corrected chi connectivity index (χ3v) is 1.65. The number of carboxylic acids is 1. The summed E-state index contributed by atoms with van der Waals surface area (Å²) in [4.78, 5) is 10.1. The molecule has 0 fully saturated rings. The summed E-state index contributed by atoms with van der Waals surface area (Å²) in [5, 5.41) is 8.35. The molecule has 3 nitrogen and oxygen atoms in total. The molecule has 0 aliphatic heterocycles. The lowest BCUT2D eigenvalue weighted by atomic mass is 10.2. The fourth-order valence-corrected chi connectivity index (χ4v) is 0.697. The second-order valence-corrected chi connectivity index (χ2v) is 2.68. The van der Waals surface area contributed by atoms with E-state index in [1.165, 1.54) is 0 Å². The number of aliphatic carboxylic acids is 1. The summed E-state index contributed by atoms with van der Waals surface area (Å²) < 4.78 is 0. The highest BCUT2D eigenvalue weighted by atomic mass is 31.0. The Morgan fingerprint density at radius 3 is 2.67 bits per heavy atom. The number of nitrogens with two attached hydrogens (primary N) is 1. The SMILES string of the molecule is NCCCC(P)C(=O)O. The van der Waals surface area contributed by atoms with Gasteiger partial charge < -0.3 is 10.8 Å². The average molecular weight is 149 g/mol. The number of rotatable bonds is 4. The van der Waals surface area contributed by atoms with Crippen LogP contribution in [-0.4, -0.2) is 23.3 Å². The van der Waals surface area contributed by atoms with Crippen LogP contribution in [0.25, 0.3) is 0 Å². The van der Waals surface area contributed by atoms with E-state index in [4.69, 9.17) is 10.8 Å². The topological polar surface area (TPSA) is 63.3 Å². The Hall–Kier alpha value is -0.140. The van der Waals surface area contributed by atoms with Crippen molar-refractivity contribution < 1.29 is 9.90 Å². The molecule has 4 heteroatoms. The van der Waals surface area contributed by atoms with Gasteiger partial charge in [0.15, 0.2) is 0 Å². The molecule has 54 valence electrons. The van der Waals surface area contributed by atoms with E-state index >= 15 is 0 Å². The normalized spacial score (nSPS) is 13.1. The van der Waals surface area contributed by atoms with Gasteiger partial charge in [0, 0.05) is 0 Å². The Labute approximate surface area is 56.8 Å². The van der Waals surface area contributed by atoms with Crippen molar-refractivity contribution in [3.05, 3.63) is 0 Å². The van der Waals surface area contributed by atoms with Gasteiger partial charge >= 0.3 is 5.97 Å². The first kappa shape index (κ1) is 8.86. The maximum Gasteiger partial charge on any atom is 0.310 e. The number of carboxylic acid groups (broad SMARTS) is 1. The Morgan fingerprint density at radius 1 is 1.78 bits per heavy atom. The van der Waals surface area contributed by atoms with Crippen LogP contribution in [0, 0.1) is 0 Å². The molecule has 2 unspecified atom stereocenters. The maximum absolute atomic E-state index is 10.1. The van der Waals surface area contributed by atoms with Crippen molar-refractivity contribution in [2.75, 3.05) is 6.54 Å². The molecule has 0 aliphatic rings. The fraction of sp³-hybridized carbons (Fsp3) is 0.800. The zero-order valence-electron chi connectivity index (χ0n) is 5.21. The van der Waals surface area contributed by atoms with Crippen molar-refractivity contribution in [3.63, 3.8) is 0 Å². The van der Waals surface area contributed by atoms with E-state index in [2.05, 4.69) is 9.24 Å². The summed E-state index contributed by atoms with van der Waals surface area (Å²) >= 11 is 0. The molecule has 0 bridgehead atoms. The molecule has 0 aliphatic carbocycles. The first-order chi connectivity index (χ1) is 4.18. The van der Waals surface area contributed by atoms with Crippen LogP contribution in [0.2, 0.25) is 0 Å². The van der Waals surface area contributed by atoms with E-state index in [0.717, 1.165) is 6.42 Å². The number of carbonyl (C=O) groups is 1. The summed E-state index contributed by atoms with van der Waals surface area (Å²) in [5.41, 5.74) is 4.85. The van der Waals surface area contributed by atoms with Gasteiger partial charge in [-0.15, -0.1) is 9.24 Å². The van der Waals surface area contributed by atoms with E-state index in [-0.39, 0.29) is 5.66 Å². The largest absolute Gasteiger partial charge is 0.481 e. The van der Waals surface area contributed by atoms with Gasteiger partial charge in [-0.05, 0) is 19.4 Å². The molecule has 0 amide bonds. The van der Waals surface area contributed by atoms with Crippen molar-refractivity contribution in [1.82, 2.24) is 0 Å². The summed E-state index contributed by atoms with van der Waals surface area (Å²) in [6, 6.07) is 0. The maximum atomic E-state index is 10.1. The summed E-state index contributed by atoms with van der Waals surface area (Å²) in [6.07, 6.45) is 1.43. The smallest absolute Gasteiger partial charge is 0.310 e. The highest BCUT2D eigenvalue weighted by molar-refractivity contribution is 7.19. The van der Waals surface area contributed by atoms with E-state index in [1.54, 1.807) is 0 Å². The number of hydrogen-bond acceptors (Lipinski definition) is 2. The van der Waals surface area contributed by atoms with Crippen LogP contribution in [0.15, 0.2) is 0 Å². The van der Waals surface area contributed by atoms with Crippen molar-refractivity contribution in [1.29, 1.82) is 0 Å². The molecule has 9 heavy (non-hydrogen) atoms. The molecule has 0 aromatic rings. The van der Waals surface area contributed by atoms with E-state index in [1.807, 2.05) is 0 Å². The highest BCUT2D eigenvalue weighted by Crippen LogP contribution is 2.06. The lowest BCUT2D eigenvalue weighted by molar-refractivity contribution is -0.136. The van der Waals surface area contributed by atoms with Crippen LogP contribution in [0.3, 0.4) is 0 Å². The zero-order valence-corrected chi connectivity index (χ0v) is 6.36. The molecule has 0 spiro atoms. The molecule has 0 saturated heterocycles. The molecule has 3 N–H and O–H groups in total. The van der Waals surface area contributed by atoms with Gasteiger partial charge in [0.25, 0.3) is 0 Å². The van der Waals surface area contributed by atoms with E-state index < -0.39 is 5.97 Å². The van der Waals surface area contributed by atoms with Gasteiger partial charge in [0.2, 0.25) is 0 Å². The highest BCUT2D eigenvalue weighted by Gasteiger charge is 2.08. The average Bonchev–Trinajstić information content (AvgIpc) is 1.82. The molecule has 2 atom stereocenters. The van der Waals surface area contributed by atoms with Crippen molar-refractivity contribution >= 4 is 15.2 Å². The molecule has 0 heterocycles. The first-order valence-electron chi connectivity index (χ1n) is 2.87. The fourth-order valence-electron chi connectivity index (χ4n) is 0.461. The quantitative estimate of drug-likeness (QED) is 0.555. The summed E-state index contributed by atoms with van der Waals surface area (Å²) in [6.45, 7) is 0.568. The summed E-state index contributed by atoms with van der Waals surface area (Å²) in [5.74, 6) is -0.770. The monoisotopic (exact) mass is 149 g/mol. The zero-order chi connectivity index (χ0) is 7.28. The van der Waals surface area contributed by atoms with Gasteiger partial charge in [0.1, 0.15) is 0 Å². The predicted octanol–water partition coefficient (Wildman–Crippen LogP) is 0.0536. The van der Waals surface area contributed by atoms with Crippen molar-refractivity contribution in [2.24, 2.45) is 5.73 Å². The Morgan fingerprint density at radius 2 is 2.33 bits per heavy atom. The van der Waals surface area contributed by atoms with Crippen LogP contribution >= 0.6 is 9.24 Å². The van der Waals surface area contributed by atoms with E-state index in [9.17, 15) is 4.79 Å². The lowest BCUT2D eigenvalue weighted by Crippen LogP contribution is -2.14. The van der Waals surface area contributed by atoms with Crippen molar-refractivity contribution in [3.8, 4) is 0 Å². The first-order valence-corrected chi connectivity index (χ1v) is 3.53. The molecular weight excluding hydrogens is 137 g/mol. The number of hydrogen-bond donors (Lipinski definition) is 2. The molecular formula is C5H12NO2P.